The standard InChI is InChI=1S/C18H21BrN2O/c1-12(2)14-5-8-15(9-6-14)21-18(22)11-20-16-7-4-13(3)17(19)10-16/h4-10,12,20H,11H2,1-3H3,(H,21,22). The molecule has 0 saturated carbocycles. The van der Waals surface area contributed by atoms with E-state index in [4.69, 9.17) is 0 Å². The maximum atomic E-state index is 12.0. The summed E-state index contributed by atoms with van der Waals surface area (Å²) in [4.78, 5) is 12.0. The zero-order valence-electron chi connectivity index (χ0n) is 13.1. The first kappa shape index (κ1) is 16.6. The van der Waals surface area contributed by atoms with Crippen LogP contribution in [0.25, 0.3) is 0 Å². The van der Waals surface area contributed by atoms with Crippen LogP contribution in [0, 0.1) is 6.92 Å². The minimum Gasteiger partial charge on any atom is -0.376 e. The molecule has 0 unspecified atom stereocenters. The number of carbonyl (C=O) groups excluding carboxylic acids is 1. The Kier molecular flexibility index (Phi) is 5.61. The highest BCUT2D eigenvalue weighted by molar-refractivity contribution is 9.10. The highest BCUT2D eigenvalue weighted by Crippen LogP contribution is 2.20. The van der Waals surface area contributed by atoms with Gasteiger partial charge >= 0.3 is 0 Å². The number of aryl methyl sites for hydroxylation is 1. The fourth-order valence-corrected chi connectivity index (χ4v) is 2.42. The Bertz CT molecular complexity index is 651. The fraction of sp³-hybridized carbons (Fsp3) is 0.278. The lowest BCUT2D eigenvalue weighted by molar-refractivity contribution is -0.114. The zero-order valence-corrected chi connectivity index (χ0v) is 14.7. The van der Waals surface area contributed by atoms with Gasteiger partial charge in [-0.3, -0.25) is 4.79 Å². The number of halogens is 1. The van der Waals surface area contributed by atoms with Crippen LogP contribution in [-0.4, -0.2) is 12.5 Å². The van der Waals surface area contributed by atoms with Gasteiger partial charge in [-0.1, -0.05) is 48.0 Å². The summed E-state index contributed by atoms with van der Waals surface area (Å²) in [7, 11) is 0. The molecule has 2 aromatic carbocycles. The molecule has 0 aromatic heterocycles. The summed E-state index contributed by atoms with van der Waals surface area (Å²) in [6.07, 6.45) is 0. The number of nitrogens with one attached hydrogen (secondary N) is 2. The summed E-state index contributed by atoms with van der Waals surface area (Å²) in [5, 5.41) is 6.01. The number of rotatable bonds is 5. The van der Waals surface area contributed by atoms with E-state index in [1.54, 1.807) is 0 Å². The van der Waals surface area contributed by atoms with Crippen LogP contribution in [0.4, 0.5) is 11.4 Å². The second-order valence-corrected chi connectivity index (χ2v) is 6.50. The third kappa shape index (κ3) is 4.60. The van der Waals surface area contributed by atoms with Gasteiger partial charge in [0, 0.05) is 15.8 Å². The molecular formula is C18H21BrN2O. The summed E-state index contributed by atoms with van der Waals surface area (Å²) < 4.78 is 1.03. The molecule has 0 bridgehead atoms. The number of hydrogen-bond acceptors (Lipinski definition) is 2. The molecule has 22 heavy (non-hydrogen) atoms. The van der Waals surface area contributed by atoms with Crippen molar-refractivity contribution in [3.05, 3.63) is 58.1 Å². The van der Waals surface area contributed by atoms with Crippen molar-refractivity contribution in [1.82, 2.24) is 0 Å². The van der Waals surface area contributed by atoms with Gasteiger partial charge in [-0.25, -0.2) is 0 Å². The first-order valence-electron chi connectivity index (χ1n) is 7.35. The monoisotopic (exact) mass is 360 g/mol. The van der Waals surface area contributed by atoms with Crippen LogP contribution in [0.5, 0.6) is 0 Å². The predicted molar refractivity (Wildman–Crippen MR) is 96.5 cm³/mol. The number of hydrogen-bond donors (Lipinski definition) is 2. The maximum absolute atomic E-state index is 12.0. The van der Waals surface area contributed by atoms with Gasteiger partial charge in [0.25, 0.3) is 0 Å². The summed E-state index contributed by atoms with van der Waals surface area (Å²) in [5.74, 6) is 0.431. The van der Waals surface area contributed by atoms with Crippen LogP contribution in [0.15, 0.2) is 46.9 Å². The largest absolute Gasteiger partial charge is 0.376 e. The molecule has 0 fully saturated rings. The van der Waals surface area contributed by atoms with Crippen LogP contribution in [0.1, 0.15) is 30.9 Å². The van der Waals surface area contributed by atoms with Gasteiger partial charge in [-0.05, 0) is 48.2 Å². The molecule has 4 heteroatoms. The molecule has 0 spiro atoms. The Morgan fingerprint density at radius 2 is 1.73 bits per heavy atom. The lowest BCUT2D eigenvalue weighted by Crippen LogP contribution is -2.21. The van der Waals surface area contributed by atoms with E-state index in [0.717, 1.165) is 15.8 Å². The van der Waals surface area contributed by atoms with Crippen molar-refractivity contribution in [2.45, 2.75) is 26.7 Å². The molecule has 0 heterocycles. The summed E-state index contributed by atoms with van der Waals surface area (Å²) in [6, 6.07) is 13.9. The highest BCUT2D eigenvalue weighted by atomic mass is 79.9. The third-order valence-corrected chi connectivity index (χ3v) is 4.34. The average molecular weight is 361 g/mol. The summed E-state index contributed by atoms with van der Waals surface area (Å²) in [5.41, 5.74) is 4.17. The first-order chi connectivity index (χ1) is 10.5. The van der Waals surface area contributed by atoms with Gasteiger partial charge in [0.2, 0.25) is 5.91 Å². The Hall–Kier alpha value is -1.81. The van der Waals surface area contributed by atoms with E-state index in [-0.39, 0.29) is 12.5 Å². The minimum absolute atomic E-state index is 0.0611. The third-order valence-electron chi connectivity index (χ3n) is 3.49. The molecule has 0 atom stereocenters. The predicted octanol–water partition coefficient (Wildman–Crippen LogP) is 4.93. The second-order valence-electron chi connectivity index (χ2n) is 5.64. The molecule has 0 saturated heterocycles. The number of carbonyl (C=O) groups is 1. The van der Waals surface area contributed by atoms with Crippen molar-refractivity contribution in [1.29, 1.82) is 0 Å². The van der Waals surface area contributed by atoms with Crippen molar-refractivity contribution in [3.8, 4) is 0 Å². The molecule has 0 aliphatic carbocycles. The quantitative estimate of drug-likeness (QED) is 0.793. The van der Waals surface area contributed by atoms with E-state index in [0.29, 0.717) is 5.92 Å². The normalized spacial score (nSPS) is 10.6. The van der Waals surface area contributed by atoms with E-state index in [2.05, 4.69) is 40.4 Å². The van der Waals surface area contributed by atoms with E-state index < -0.39 is 0 Å². The molecule has 0 aliphatic rings. The van der Waals surface area contributed by atoms with Crippen LogP contribution in [0.2, 0.25) is 0 Å². The molecular weight excluding hydrogens is 340 g/mol. The van der Waals surface area contributed by atoms with E-state index in [1.165, 1.54) is 11.1 Å². The molecule has 1 amide bonds. The molecule has 2 aromatic rings. The molecule has 2 N–H and O–H groups in total. The van der Waals surface area contributed by atoms with Gasteiger partial charge < -0.3 is 10.6 Å². The molecule has 0 radical (unpaired) electrons. The Balaban J connectivity index is 1.88. The number of amides is 1. The summed E-state index contributed by atoms with van der Waals surface area (Å²) in [6.45, 7) is 6.57. The Morgan fingerprint density at radius 3 is 2.32 bits per heavy atom. The molecule has 3 nitrogen and oxygen atoms in total. The van der Waals surface area contributed by atoms with Crippen LogP contribution in [0.3, 0.4) is 0 Å². The molecule has 0 aliphatic heterocycles. The van der Waals surface area contributed by atoms with E-state index in [1.807, 2.05) is 49.4 Å². The maximum Gasteiger partial charge on any atom is 0.243 e. The van der Waals surface area contributed by atoms with Crippen LogP contribution in [-0.2, 0) is 4.79 Å². The van der Waals surface area contributed by atoms with E-state index >= 15 is 0 Å². The Morgan fingerprint density at radius 1 is 1.09 bits per heavy atom. The van der Waals surface area contributed by atoms with Crippen molar-refractivity contribution >= 4 is 33.2 Å². The zero-order chi connectivity index (χ0) is 16.1. The lowest BCUT2D eigenvalue weighted by Gasteiger charge is -2.10. The molecule has 2 rings (SSSR count). The number of benzene rings is 2. The van der Waals surface area contributed by atoms with Crippen molar-refractivity contribution < 1.29 is 4.79 Å². The lowest BCUT2D eigenvalue weighted by atomic mass is 10.0. The van der Waals surface area contributed by atoms with Gasteiger partial charge in [0.05, 0.1) is 6.54 Å². The van der Waals surface area contributed by atoms with Crippen molar-refractivity contribution in [3.63, 3.8) is 0 Å². The van der Waals surface area contributed by atoms with E-state index in [9.17, 15) is 4.79 Å². The van der Waals surface area contributed by atoms with Gasteiger partial charge in [0.1, 0.15) is 0 Å². The molecule has 116 valence electrons. The number of anilines is 2. The highest BCUT2D eigenvalue weighted by Gasteiger charge is 2.04. The average Bonchev–Trinajstić information content (AvgIpc) is 2.49. The fourth-order valence-electron chi connectivity index (χ4n) is 2.04. The smallest absolute Gasteiger partial charge is 0.243 e. The first-order valence-corrected chi connectivity index (χ1v) is 8.15. The Labute approximate surface area is 140 Å². The SMILES string of the molecule is Cc1ccc(NCC(=O)Nc2ccc(C(C)C)cc2)cc1Br. The van der Waals surface area contributed by atoms with Gasteiger partial charge in [-0.2, -0.15) is 0 Å². The van der Waals surface area contributed by atoms with Crippen LogP contribution < -0.4 is 10.6 Å². The van der Waals surface area contributed by atoms with Gasteiger partial charge in [0.15, 0.2) is 0 Å². The topological polar surface area (TPSA) is 41.1 Å². The second kappa shape index (κ2) is 7.45. The van der Waals surface area contributed by atoms with Gasteiger partial charge in [-0.15, -0.1) is 0 Å². The van der Waals surface area contributed by atoms with Crippen LogP contribution >= 0.6 is 15.9 Å². The summed E-state index contributed by atoms with van der Waals surface area (Å²) >= 11 is 3.48. The minimum atomic E-state index is -0.0611. The van der Waals surface area contributed by atoms with Crippen molar-refractivity contribution in [2.24, 2.45) is 0 Å². The van der Waals surface area contributed by atoms with Crippen molar-refractivity contribution in [2.75, 3.05) is 17.2 Å².